The normalized spacial score (nSPS) is 11.8. The standard InChI is InChI=1S/C18H25BrFNO4/c1-17(2,3)11-18(4,5)21-15(22)9-25-16(23)10-24-14-7-6-12(20)8-13(14)19/h6-8H,9-11H2,1-5H3,(H,21,22). The molecule has 0 radical (unpaired) electrons. The smallest absolute Gasteiger partial charge is 0.344 e. The van der Waals surface area contributed by atoms with Crippen molar-refractivity contribution in [1.29, 1.82) is 0 Å². The summed E-state index contributed by atoms with van der Waals surface area (Å²) >= 11 is 3.14. The minimum atomic E-state index is -0.681. The minimum Gasteiger partial charge on any atom is -0.481 e. The first-order chi connectivity index (χ1) is 11.4. The molecule has 0 aliphatic carbocycles. The molecule has 0 fully saturated rings. The van der Waals surface area contributed by atoms with Gasteiger partial charge >= 0.3 is 5.97 Å². The molecular formula is C18H25BrFNO4. The van der Waals surface area contributed by atoms with Gasteiger partial charge in [0.2, 0.25) is 0 Å². The molecule has 0 heterocycles. The van der Waals surface area contributed by atoms with E-state index in [4.69, 9.17) is 9.47 Å². The predicted octanol–water partition coefficient (Wildman–Crippen LogP) is 3.84. The monoisotopic (exact) mass is 417 g/mol. The molecule has 0 unspecified atom stereocenters. The average molecular weight is 418 g/mol. The SMILES string of the molecule is CC(C)(C)CC(C)(C)NC(=O)COC(=O)COc1ccc(F)cc1Br. The quantitative estimate of drug-likeness (QED) is 0.684. The molecular weight excluding hydrogens is 393 g/mol. The van der Waals surface area contributed by atoms with Crippen LogP contribution in [0.15, 0.2) is 22.7 Å². The Morgan fingerprint density at radius 1 is 1.16 bits per heavy atom. The van der Waals surface area contributed by atoms with Gasteiger partial charge in [0, 0.05) is 5.54 Å². The van der Waals surface area contributed by atoms with Gasteiger partial charge in [-0.25, -0.2) is 9.18 Å². The third-order valence-electron chi connectivity index (χ3n) is 3.05. The molecule has 0 aliphatic rings. The first kappa shape index (κ1) is 21.4. The molecule has 1 N–H and O–H groups in total. The van der Waals surface area contributed by atoms with Gasteiger partial charge in [0.15, 0.2) is 13.2 Å². The van der Waals surface area contributed by atoms with Gasteiger partial charge < -0.3 is 14.8 Å². The summed E-state index contributed by atoms with van der Waals surface area (Å²) in [5.74, 6) is -1.16. The number of nitrogens with one attached hydrogen (secondary N) is 1. The van der Waals surface area contributed by atoms with Crippen LogP contribution in [0.4, 0.5) is 4.39 Å². The van der Waals surface area contributed by atoms with Gasteiger partial charge in [-0.05, 0) is 59.8 Å². The van der Waals surface area contributed by atoms with E-state index in [0.717, 1.165) is 6.42 Å². The number of hydrogen-bond donors (Lipinski definition) is 1. The number of hydrogen-bond acceptors (Lipinski definition) is 4. The summed E-state index contributed by atoms with van der Waals surface area (Å²) in [6, 6.07) is 3.84. The Balaban J connectivity index is 2.39. The Labute approximate surface area is 156 Å². The van der Waals surface area contributed by atoms with Gasteiger partial charge in [0.05, 0.1) is 4.47 Å². The molecule has 5 nitrogen and oxygen atoms in total. The van der Waals surface area contributed by atoms with Gasteiger partial charge in [-0.2, -0.15) is 0 Å². The number of benzene rings is 1. The molecule has 0 aliphatic heterocycles. The van der Waals surface area contributed by atoms with Crippen molar-refractivity contribution in [2.45, 2.75) is 46.6 Å². The van der Waals surface area contributed by atoms with E-state index in [1.807, 2.05) is 13.8 Å². The van der Waals surface area contributed by atoms with E-state index in [1.165, 1.54) is 18.2 Å². The number of halogens is 2. The fraction of sp³-hybridized carbons (Fsp3) is 0.556. The van der Waals surface area contributed by atoms with Crippen LogP contribution < -0.4 is 10.1 Å². The van der Waals surface area contributed by atoms with Crippen LogP contribution in [0.2, 0.25) is 0 Å². The highest BCUT2D eigenvalue weighted by molar-refractivity contribution is 9.10. The Hall–Kier alpha value is -1.63. The minimum absolute atomic E-state index is 0.0594. The molecule has 1 aromatic carbocycles. The molecule has 0 saturated carbocycles. The topological polar surface area (TPSA) is 64.6 Å². The van der Waals surface area contributed by atoms with Gasteiger partial charge in [0.25, 0.3) is 5.91 Å². The fourth-order valence-corrected chi connectivity index (χ4v) is 3.17. The zero-order valence-electron chi connectivity index (χ0n) is 15.2. The molecule has 7 heteroatoms. The summed E-state index contributed by atoms with van der Waals surface area (Å²) < 4.78 is 23.5. The zero-order valence-corrected chi connectivity index (χ0v) is 16.8. The first-order valence-corrected chi connectivity index (χ1v) is 8.72. The summed E-state index contributed by atoms with van der Waals surface area (Å²) in [6.07, 6.45) is 0.779. The lowest BCUT2D eigenvalue weighted by Gasteiger charge is -2.33. The maximum Gasteiger partial charge on any atom is 0.344 e. The lowest BCUT2D eigenvalue weighted by Crippen LogP contribution is -2.47. The first-order valence-electron chi connectivity index (χ1n) is 7.92. The second-order valence-corrected chi connectivity index (χ2v) is 8.55. The summed E-state index contributed by atoms with van der Waals surface area (Å²) in [5.41, 5.74) is -0.346. The highest BCUT2D eigenvalue weighted by atomic mass is 79.9. The molecule has 25 heavy (non-hydrogen) atoms. The average Bonchev–Trinajstić information content (AvgIpc) is 2.40. The summed E-state index contributed by atoms with van der Waals surface area (Å²) in [4.78, 5) is 23.6. The summed E-state index contributed by atoms with van der Waals surface area (Å²) in [6.45, 7) is 9.37. The van der Waals surface area contributed by atoms with Crippen LogP contribution >= 0.6 is 15.9 Å². The molecule has 1 aromatic rings. The molecule has 1 amide bonds. The summed E-state index contributed by atoms with van der Waals surface area (Å²) in [5, 5.41) is 2.85. The van der Waals surface area contributed by atoms with Crippen LogP contribution in [-0.2, 0) is 14.3 Å². The van der Waals surface area contributed by atoms with E-state index in [2.05, 4.69) is 42.0 Å². The van der Waals surface area contributed by atoms with Crippen LogP contribution in [0.1, 0.15) is 41.0 Å². The summed E-state index contributed by atoms with van der Waals surface area (Å²) in [7, 11) is 0. The van der Waals surface area contributed by atoms with Crippen molar-refractivity contribution in [3.8, 4) is 5.75 Å². The Morgan fingerprint density at radius 2 is 1.80 bits per heavy atom. The molecule has 0 spiro atoms. The van der Waals surface area contributed by atoms with Crippen molar-refractivity contribution in [3.05, 3.63) is 28.5 Å². The van der Waals surface area contributed by atoms with Crippen LogP contribution in [0.3, 0.4) is 0 Å². The second-order valence-electron chi connectivity index (χ2n) is 7.69. The van der Waals surface area contributed by atoms with Gasteiger partial charge in [0.1, 0.15) is 11.6 Å². The van der Waals surface area contributed by atoms with Crippen molar-refractivity contribution in [2.24, 2.45) is 5.41 Å². The maximum absolute atomic E-state index is 13.0. The number of carbonyl (C=O) groups is 2. The number of ether oxygens (including phenoxy) is 2. The van der Waals surface area contributed by atoms with Crippen molar-refractivity contribution >= 4 is 27.8 Å². The van der Waals surface area contributed by atoms with Crippen molar-refractivity contribution in [1.82, 2.24) is 5.32 Å². The van der Waals surface area contributed by atoms with Gasteiger partial charge in [-0.3, -0.25) is 4.79 Å². The van der Waals surface area contributed by atoms with Crippen molar-refractivity contribution in [3.63, 3.8) is 0 Å². The highest BCUT2D eigenvalue weighted by Crippen LogP contribution is 2.27. The van der Waals surface area contributed by atoms with Gasteiger partial charge in [-0.15, -0.1) is 0 Å². The molecule has 0 saturated heterocycles. The molecule has 0 aromatic heterocycles. The second kappa shape index (κ2) is 8.65. The Morgan fingerprint density at radius 3 is 2.36 bits per heavy atom. The van der Waals surface area contributed by atoms with Crippen molar-refractivity contribution in [2.75, 3.05) is 13.2 Å². The molecule has 1 rings (SSSR count). The lowest BCUT2D eigenvalue weighted by atomic mass is 9.82. The van der Waals surface area contributed by atoms with E-state index < -0.39 is 17.3 Å². The van der Waals surface area contributed by atoms with E-state index in [9.17, 15) is 14.0 Å². The van der Waals surface area contributed by atoms with E-state index in [-0.39, 0.29) is 24.5 Å². The molecule has 140 valence electrons. The molecule has 0 bridgehead atoms. The third kappa shape index (κ3) is 8.86. The van der Waals surface area contributed by atoms with E-state index in [0.29, 0.717) is 10.2 Å². The Kier molecular flexibility index (Phi) is 7.41. The van der Waals surface area contributed by atoms with E-state index in [1.54, 1.807) is 0 Å². The maximum atomic E-state index is 13.0. The predicted molar refractivity (Wildman–Crippen MR) is 96.8 cm³/mol. The van der Waals surface area contributed by atoms with Crippen LogP contribution in [0.5, 0.6) is 5.75 Å². The number of rotatable bonds is 7. The van der Waals surface area contributed by atoms with E-state index >= 15 is 0 Å². The van der Waals surface area contributed by atoms with Crippen LogP contribution in [0.25, 0.3) is 0 Å². The Bertz CT molecular complexity index is 626. The lowest BCUT2D eigenvalue weighted by molar-refractivity contribution is -0.151. The van der Waals surface area contributed by atoms with Crippen LogP contribution in [-0.4, -0.2) is 30.6 Å². The molecule has 0 atom stereocenters. The number of carbonyl (C=O) groups excluding carboxylic acids is 2. The number of esters is 1. The number of amides is 1. The van der Waals surface area contributed by atoms with Crippen molar-refractivity contribution < 1.29 is 23.5 Å². The van der Waals surface area contributed by atoms with Crippen LogP contribution in [0, 0.1) is 11.2 Å². The fourth-order valence-electron chi connectivity index (χ4n) is 2.70. The zero-order chi connectivity index (χ0) is 19.3. The third-order valence-corrected chi connectivity index (χ3v) is 3.67. The highest BCUT2D eigenvalue weighted by Gasteiger charge is 2.27. The van der Waals surface area contributed by atoms with Gasteiger partial charge in [-0.1, -0.05) is 20.8 Å². The largest absolute Gasteiger partial charge is 0.481 e.